The molecule has 0 fully saturated rings. The molecule has 0 radical (unpaired) electrons. The quantitative estimate of drug-likeness (QED) is 0.609. The summed E-state index contributed by atoms with van der Waals surface area (Å²) < 4.78 is 1.94. The summed E-state index contributed by atoms with van der Waals surface area (Å²) in [7, 11) is 7.75. The van der Waals surface area contributed by atoms with Crippen molar-refractivity contribution in [3.8, 4) is 0 Å². The van der Waals surface area contributed by atoms with Crippen molar-refractivity contribution >= 4 is 11.8 Å². The van der Waals surface area contributed by atoms with Crippen molar-refractivity contribution in [3.63, 3.8) is 0 Å². The first-order valence-corrected chi connectivity index (χ1v) is 8.91. The maximum Gasteiger partial charge on any atom is 0.191 e. The first-order valence-electron chi connectivity index (χ1n) is 8.91. The summed E-state index contributed by atoms with van der Waals surface area (Å²) in [4.78, 5) is 10.9. The van der Waals surface area contributed by atoms with Gasteiger partial charge in [0.05, 0.1) is 17.9 Å². The molecular weight excluding hydrogens is 326 g/mol. The first kappa shape index (κ1) is 19.8. The first-order chi connectivity index (χ1) is 12.3. The Hall–Kier alpha value is -2.57. The molecule has 2 rings (SSSR count). The van der Waals surface area contributed by atoms with Crippen LogP contribution < -0.4 is 15.5 Å². The Morgan fingerprint density at radius 2 is 2.04 bits per heavy atom. The van der Waals surface area contributed by atoms with Gasteiger partial charge in [0.15, 0.2) is 5.96 Å². The van der Waals surface area contributed by atoms with E-state index in [2.05, 4.69) is 46.5 Å². The van der Waals surface area contributed by atoms with Crippen molar-refractivity contribution in [1.29, 1.82) is 0 Å². The number of nitrogens with zero attached hydrogens (tertiary/aromatic N) is 5. The van der Waals surface area contributed by atoms with E-state index in [0.29, 0.717) is 6.54 Å². The third kappa shape index (κ3) is 4.97. The fraction of sp³-hybridized carbons (Fsp3) is 0.526. The molecule has 2 N–H and O–H groups in total. The van der Waals surface area contributed by atoms with Crippen LogP contribution in [0.15, 0.2) is 23.2 Å². The molecule has 1 unspecified atom stereocenters. The van der Waals surface area contributed by atoms with Gasteiger partial charge in [0.2, 0.25) is 0 Å². The van der Waals surface area contributed by atoms with Gasteiger partial charge in [-0.25, -0.2) is 4.98 Å². The van der Waals surface area contributed by atoms with Crippen molar-refractivity contribution < 1.29 is 0 Å². The van der Waals surface area contributed by atoms with E-state index < -0.39 is 0 Å². The molecule has 0 amide bonds. The number of rotatable bonds is 6. The molecule has 7 heteroatoms. The van der Waals surface area contributed by atoms with E-state index in [1.165, 1.54) is 11.3 Å². The summed E-state index contributed by atoms with van der Waals surface area (Å²) in [5.74, 6) is 1.72. The molecule has 0 bridgehead atoms. The Labute approximate surface area is 156 Å². The van der Waals surface area contributed by atoms with Crippen molar-refractivity contribution in [2.24, 2.45) is 12.0 Å². The fourth-order valence-corrected chi connectivity index (χ4v) is 2.89. The highest BCUT2D eigenvalue weighted by Crippen LogP contribution is 2.14. The van der Waals surface area contributed by atoms with E-state index in [1.807, 2.05) is 48.9 Å². The van der Waals surface area contributed by atoms with Gasteiger partial charge >= 0.3 is 0 Å². The summed E-state index contributed by atoms with van der Waals surface area (Å²) in [5, 5.41) is 11.3. The van der Waals surface area contributed by atoms with Crippen LogP contribution in [0.25, 0.3) is 0 Å². The third-order valence-corrected chi connectivity index (χ3v) is 4.46. The van der Waals surface area contributed by atoms with Crippen LogP contribution in [0.4, 0.5) is 5.82 Å². The van der Waals surface area contributed by atoms with Crippen LogP contribution in [-0.4, -0.2) is 47.9 Å². The largest absolute Gasteiger partial charge is 0.363 e. The van der Waals surface area contributed by atoms with Crippen LogP contribution in [0.5, 0.6) is 0 Å². The molecule has 0 saturated heterocycles. The predicted octanol–water partition coefficient (Wildman–Crippen LogP) is 1.79. The van der Waals surface area contributed by atoms with E-state index in [4.69, 9.17) is 0 Å². The second-order valence-electron chi connectivity index (χ2n) is 6.83. The predicted molar refractivity (Wildman–Crippen MR) is 108 cm³/mol. The molecule has 26 heavy (non-hydrogen) atoms. The van der Waals surface area contributed by atoms with Crippen LogP contribution in [0, 0.1) is 13.8 Å². The lowest BCUT2D eigenvalue weighted by molar-refractivity contribution is 0.634. The number of nitrogens with one attached hydrogen (secondary N) is 2. The Bertz CT molecular complexity index is 761. The SMILES string of the molecule is CN=C(NCc1cccc(N(C)C)n1)NC(C)Cc1c(C)nn(C)c1C. The molecule has 2 aromatic heterocycles. The van der Waals surface area contributed by atoms with E-state index in [0.717, 1.165) is 29.6 Å². The molecule has 7 nitrogen and oxygen atoms in total. The molecule has 0 aliphatic rings. The minimum atomic E-state index is 0.240. The number of aryl methyl sites for hydroxylation is 2. The Balaban J connectivity index is 1.94. The second kappa shape index (κ2) is 8.69. The third-order valence-electron chi connectivity index (χ3n) is 4.46. The Morgan fingerprint density at radius 3 is 2.62 bits per heavy atom. The molecule has 2 heterocycles. The van der Waals surface area contributed by atoms with E-state index in [9.17, 15) is 0 Å². The van der Waals surface area contributed by atoms with E-state index >= 15 is 0 Å². The number of pyridine rings is 1. The van der Waals surface area contributed by atoms with Crippen molar-refractivity contribution in [3.05, 3.63) is 40.8 Å². The fourth-order valence-electron chi connectivity index (χ4n) is 2.89. The molecular formula is C19H31N7. The minimum absolute atomic E-state index is 0.240. The van der Waals surface area contributed by atoms with Crippen LogP contribution in [0.2, 0.25) is 0 Å². The molecule has 0 spiro atoms. The van der Waals surface area contributed by atoms with Crippen LogP contribution in [-0.2, 0) is 20.0 Å². The van der Waals surface area contributed by atoms with Gasteiger partial charge in [-0.1, -0.05) is 6.07 Å². The highest BCUT2D eigenvalue weighted by molar-refractivity contribution is 5.79. The lowest BCUT2D eigenvalue weighted by atomic mass is 10.1. The molecule has 0 aliphatic heterocycles. The average Bonchev–Trinajstić information content (AvgIpc) is 2.85. The minimum Gasteiger partial charge on any atom is -0.363 e. The van der Waals surface area contributed by atoms with Crippen molar-refractivity contribution in [2.75, 3.05) is 26.0 Å². The normalized spacial score (nSPS) is 12.8. The Kier molecular flexibility index (Phi) is 6.60. The van der Waals surface area contributed by atoms with Gasteiger partial charge in [-0.05, 0) is 44.9 Å². The zero-order valence-corrected chi connectivity index (χ0v) is 17.0. The summed E-state index contributed by atoms with van der Waals surface area (Å²) in [6, 6.07) is 6.27. The summed E-state index contributed by atoms with van der Waals surface area (Å²) in [5.41, 5.74) is 4.57. The van der Waals surface area contributed by atoms with Crippen LogP contribution in [0.1, 0.15) is 29.6 Å². The van der Waals surface area contributed by atoms with Crippen molar-refractivity contribution in [2.45, 2.75) is 39.8 Å². The second-order valence-corrected chi connectivity index (χ2v) is 6.83. The number of hydrogen-bond donors (Lipinski definition) is 2. The molecule has 142 valence electrons. The van der Waals surface area contributed by atoms with E-state index in [-0.39, 0.29) is 6.04 Å². The van der Waals surface area contributed by atoms with Crippen LogP contribution >= 0.6 is 0 Å². The van der Waals surface area contributed by atoms with Gasteiger partial charge in [0.1, 0.15) is 5.82 Å². The number of anilines is 1. The smallest absolute Gasteiger partial charge is 0.191 e. The van der Waals surface area contributed by atoms with Gasteiger partial charge in [0, 0.05) is 39.9 Å². The zero-order valence-electron chi connectivity index (χ0n) is 17.0. The van der Waals surface area contributed by atoms with Gasteiger partial charge in [-0.15, -0.1) is 0 Å². The molecule has 0 saturated carbocycles. The van der Waals surface area contributed by atoms with E-state index in [1.54, 1.807) is 7.05 Å². The summed E-state index contributed by atoms with van der Waals surface area (Å²) in [6.07, 6.45) is 0.903. The summed E-state index contributed by atoms with van der Waals surface area (Å²) in [6.45, 7) is 6.95. The summed E-state index contributed by atoms with van der Waals surface area (Å²) >= 11 is 0. The number of hydrogen-bond acceptors (Lipinski definition) is 4. The van der Waals surface area contributed by atoms with Gasteiger partial charge in [-0.2, -0.15) is 5.10 Å². The maximum atomic E-state index is 4.62. The maximum absolute atomic E-state index is 4.62. The van der Waals surface area contributed by atoms with Gasteiger partial charge in [0.25, 0.3) is 0 Å². The number of guanidine groups is 1. The molecule has 0 aromatic carbocycles. The Morgan fingerprint density at radius 1 is 1.31 bits per heavy atom. The lowest BCUT2D eigenvalue weighted by Gasteiger charge is -2.18. The number of aromatic nitrogens is 3. The molecule has 0 aliphatic carbocycles. The highest BCUT2D eigenvalue weighted by Gasteiger charge is 2.14. The van der Waals surface area contributed by atoms with Crippen LogP contribution in [0.3, 0.4) is 0 Å². The standard InChI is InChI=1S/C19H31N7/c1-13(11-17-14(2)24-26(7)15(17)3)22-19(20-4)21-12-16-9-8-10-18(23-16)25(5)6/h8-10,13H,11-12H2,1-7H3,(H2,20,21,22). The number of aliphatic imine (C=N–C) groups is 1. The lowest BCUT2D eigenvalue weighted by Crippen LogP contribution is -2.43. The molecule has 1 atom stereocenters. The zero-order chi connectivity index (χ0) is 19.3. The van der Waals surface area contributed by atoms with Crippen molar-refractivity contribution in [1.82, 2.24) is 25.4 Å². The van der Waals surface area contributed by atoms with Gasteiger partial charge < -0.3 is 15.5 Å². The topological polar surface area (TPSA) is 70.4 Å². The highest BCUT2D eigenvalue weighted by atomic mass is 15.3. The average molecular weight is 358 g/mol. The molecule has 2 aromatic rings. The van der Waals surface area contributed by atoms with Gasteiger partial charge in [-0.3, -0.25) is 9.67 Å². The monoisotopic (exact) mass is 357 g/mol.